The van der Waals surface area contributed by atoms with Crippen LogP contribution in [0.2, 0.25) is 0 Å². The lowest BCUT2D eigenvalue weighted by Crippen LogP contribution is -2.58. The second-order valence-corrected chi connectivity index (χ2v) is 8.35. The van der Waals surface area contributed by atoms with Crippen molar-refractivity contribution < 1.29 is 4.74 Å². The fourth-order valence-corrected chi connectivity index (χ4v) is 4.66. The van der Waals surface area contributed by atoms with Gasteiger partial charge in [-0.2, -0.15) is 0 Å². The smallest absolute Gasteiger partial charge is 0.191 e. The number of hydrogen-bond donors (Lipinski definition) is 2. The molecule has 2 aliphatic heterocycles. The van der Waals surface area contributed by atoms with Crippen molar-refractivity contribution in [3.63, 3.8) is 0 Å². The molecule has 0 radical (unpaired) electrons. The van der Waals surface area contributed by atoms with Crippen LogP contribution in [0.1, 0.15) is 41.3 Å². The van der Waals surface area contributed by atoms with Crippen molar-refractivity contribution >= 4 is 41.3 Å². The van der Waals surface area contributed by atoms with Crippen LogP contribution < -0.4 is 10.6 Å². The SMILES string of the molecule is CN=C(NCc1nc(C)c(C)s1)NCC1(N2CCCC2)CCOCC1.I. The van der Waals surface area contributed by atoms with E-state index in [-0.39, 0.29) is 29.5 Å². The molecule has 6 nitrogen and oxygen atoms in total. The highest BCUT2D eigenvalue weighted by molar-refractivity contribution is 14.0. The average molecular weight is 493 g/mol. The zero-order chi connectivity index (χ0) is 17.7. The first-order valence-corrected chi connectivity index (χ1v) is 10.1. The molecule has 2 saturated heterocycles. The number of rotatable bonds is 5. The highest BCUT2D eigenvalue weighted by atomic mass is 127. The van der Waals surface area contributed by atoms with E-state index in [1.807, 2.05) is 7.05 Å². The average Bonchev–Trinajstić information content (AvgIpc) is 3.27. The molecule has 0 spiro atoms. The summed E-state index contributed by atoms with van der Waals surface area (Å²) in [5, 5.41) is 8.09. The Morgan fingerprint density at radius 3 is 2.50 bits per heavy atom. The number of aromatic nitrogens is 1. The number of aliphatic imine (C=N–C) groups is 1. The summed E-state index contributed by atoms with van der Waals surface area (Å²) in [5.74, 6) is 0.857. The molecule has 0 unspecified atom stereocenters. The molecule has 0 bridgehead atoms. The Labute approximate surface area is 178 Å². The van der Waals surface area contributed by atoms with Crippen molar-refractivity contribution in [2.45, 2.75) is 51.6 Å². The summed E-state index contributed by atoms with van der Waals surface area (Å²) in [6.45, 7) is 9.98. The van der Waals surface area contributed by atoms with Crippen molar-refractivity contribution in [2.75, 3.05) is 39.9 Å². The number of nitrogens with one attached hydrogen (secondary N) is 2. The normalized spacial score (nSPS) is 20.7. The summed E-state index contributed by atoms with van der Waals surface area (Å²) in [5.41, 5.74) is 1.33. The van der Waals surface area contributed by atoms with Gasteiger partial charge in [0.1, 0.15) is 5.01 Å². The molecule has 0 saturated carbocycles. The van der Waals surface area contributed by atoms with Crippen LogP contribution >= 0.6 is 35.3 Å². The Balaban J connectivity index is 0.00000243. The second-order valence-electron chi connectivity index (χ2n) is 7.06. The van der Waals surface area contributed by atoms with Gasteiger partial charge in [-0.25, -0.2) is 4.98 Å². The number of thiazole rings is 1. The van der Waals surface area contributed by atoms with Gasteiger partial charge in [0.2, 0.25) is 0 Å². The van der Waals surface area contributed by atoms with Crippen molar-refractivity contribution in [3.05, 3.63) is 15.6 Å². The first-order valence-electron chi connectivity index (χ1n) is 9.33. The Bertz CT molecular complexity index is 575. The van der Waals surface area contributed by atoms with Crippen LogP contribution in [0.5, 0.6) is 0 Å². The Morgan fingerprint density at radius 2 is 1.92 bits per heavy atom. The molecule has 0 aliphatic carbocycles. The lowest BCUT2D eigenvalue weighted by Gasteiger charge is -2.45. The first kappa shape index (κ1) is 21.8. The first-order chi connectivity index (χ1) is 12.1. The summed E-state index contributed by atoms with van der Waals surface area (Å²) in [6.07, 6.45) is 4.83. The molecule has 3 heterocycles. The molecule has 3 rings (SSSR count). The fourth-order valence-electron chi connectivity index (χ4n) is 3.79. The maximum absolute atomic E-state index is 5.63. The van der Waals surface area contributed by atoms with Crippen LogP contribution in [0.3, 0.4) is 0 Å². The van der Waals surface area contributed by atoms with Crippen molar-refractivity contribution in [2.24, 2.45) is 4.99 Å². The number of likely N-dealkylation sites (tertiary alicyclic amines) is 1. The van der Waals surface area contributed by atoms with Crippen LogP contribution in [-0.2, 0) is 11.3 Å². The zero-order valence-electron chi connectivity index (χ0n) is 16.1. The predicted molar refractivity (Wildman–Crippen MR) is 119 cm³/mol. The molecule has 2 N–H and O–H groups in total. The third kappa shape index (κ3) is 5.30. The molecule has 2 fully saturated rings. The van der Waals surface area contributed by atoms with Gasteiger partial charge in [-0.05, 0) is 52.6 Å². The van der Waals surface area contributed by atoms with Gasteiger partial charge in [0, 0.05) is 37.2 Å². The molecular formula is C18H32IN5OS. The zero-order valence-corrected chi connectivity index (χ0v) is 19.3. The number of aryl methyl sites for hydroxylation is 2. The molecule has 0 amide bonds. The van der Waals surface area contributed by atoms with Gasteiger partial charge >= 0.3 is 0 Å². The van der Waals surface area contributed by atoms with Gasteiger partial charge in [-0.1, -0.05) is 0 Å². The van der Waals surface area contributed by atoms with Crippen LogP contribution in [0.15, 0.2) is 4.99 Å². The minimum Gasteiger partial charge on any atom is -0.381 e. The summed E-state index contributed by atoms with van der Waals surface area (Å²) in [6, 6.07) is 0. The van der Waals surface area contributed by atoms with E-state index in [4.69, 9.17) is 4.74 Å². The van der Waals surface area contributed by atoms with Crippen LogP contribution in [-0.4, -0.2) is 61.3 Å². The maximum atomic E-state index is 5.63. The third-order valence-corrected chi connectivity index (χ3v) is 6.56. The summed E-state index contributed by atoms with van der Waals surface area (Å²) in [4.78, 5) is 12.9. The van der Waals surface area contributed by atoms with Gasteiger partial charge in [0.15, 0.2) is 5.96 Å². The minimum absolute atomic E-state index is 0. The van der Waals surface area contributed by atoms with Gasteiger partial charge in [0.25, 0.3) is 0 Å². The van der Waals surface area contributed by atoms with Gasteiger partial charge in [-0.3, -0.25) is 9.89 Å². The maximum Gasteiger partial charge on any atom is 0.191 e. The number of ether oxygens (including phenoxy) is 1. The van der Waals surface area contributed by atoms with Crippen LogP contribution in [0, 0.1) is 13.8 Å². The predicted octanol–water partition coefficient (Wildman–Crippen LogP) is 2.69. The number of guanidine groups is 1. The van der Waals surface area contributed by atoms with Gasteiger partial charge < -0.3 is 15.4 Å². The molecule has 0 aromatic carbocycles. The lowest BCUT2D eigenvalue weighted by atomic mass is 9.88. The number of halogens is 1. The summed E-state index contributed by atoms with van der Waals surface area (Å²) < 4.78 is 5.63. The molecular weight excluding hydrogens is 461 g/mol. The molecule has 2 aliphatic rings. The van der Waals surface area contributed by atoms with E-state index in [0.29, 0.717) is 0 Å². The highest BCUT2D eigenvalue weighted by Crippen LogP contribution is 2.30. The van der Waals surface area contributed by atoms with Crippen LogP contribution in [0.4, 0.5) is 0 Å². The van der Waals surface area contributed by atoms with Crippen molar-refractivity contribution in [1.29, 1.82) is 0 Å². The standard InChI is InChI=1S/C18H31N5OS.HI/c1-14-15(2)25-16(22-14)12-20-17(19-3)21-13-18(6-10-24-11-7-18)23-8-4-5-9-23;/h4-13H2,1-3H3,(H2,19,20,21);1H. The quantitative estimate of drug-likeness (QED) is 0.375. The van der Waals surface area contributed by atoms with E-state index in [2.05, 4.69) is 39.4 Å². The molecule has 148 valence electrons. The van der Waals surface area contributed by atoms with Crippen LogP contribution in [0.25, 0.3) is 0 Å². The minimum atomic E-state index is 0. The Kier molecular flexibility index (Phi) is 8.56. The number of nitrogens with zero attached hydrogens (tertiary/aromatic N) is 3. The van der Waals surface area contributed by atoms with E-state index >= 15 is 0 Å². The van der Waals surface area contributed by atoms with Gasteiger partial charge in [-0.15, -0.1) is 35.3 Å². The van der Waals surface area contributed by atoms with E-state index in [0.717, 1.165) is 55.8 Å². The monoisotopic (exact) mass is 493 g/mol. The lowest BCUT2D eigenvalue weighted by molar-refractivity contribution is -0.0164. The fraction of sp³-hybridized carbons (Fsp3) is 0.778. The molecule has 8 heteroatoms. The van der Waals surface area contributed by atoms with E-state index in [9.17, 15) is 0 Å². The van der Waals surface area contributed by atoms with E-state index in [1.165, 1.54) is 30.8 Å². The Morgan fingerprint density at radius 1 is 1.23 bits per heavy atom. The second kappa shape index (κ2) is 10.2. The van der Waals surface area contributed by atoms with Gasteiger partial charge in [0.05, 0.1) is 12.2 Å². The van der Waals surface area contributed by atoms with Crippen molar-refractivity contribution in [3.8, 4) is 0 Å². The summed E-state index contributed by atoms with van der Waals surface area (Å²) >= 11 is 1.75. The van der Waals surface area contributed by atoms with Crippen molar-refractivity contribution in [1.82, 2.24) is 20.5 Å². The number of hydrogen-bond acceptors (Lipinski definition) is 5. The third-order valence-electron chi connectivity index (χ3n) is 5.49. The Hall–Kier alpha value is -0.450. The van der Waals surface area contributed by atoms with E-state index < -0.39 is 0 Å². The molecule has 1 aromatic heterocycles. The molecule has 26 heavy (non-hydrogen) atoms. The largest absolute Gasteiger partial charge is 0.381 e. The molecule has 1 aromatic rings. The summed E-state index contributed by atoms with van der Waals surface area (Å²) in [7, 11) is 1.83. The topological polar surface area (TPSA) is 61.8 Å². The van der Waals surface area contributed by atoms with E-state index in [1.54, 1.807) is 11.3 Å². The molecule has 0 atom stereocenters. The highest BCUT2D eigenvalue weighted by Gasteiger charge is 2.39.